The Morgan fingerprint density at radius 2 is 1.36 bits per heavy atom. The molecule has 0 saturated heterocycles. The summed E-state index contributed by atoms with van der Waals surface area (Å²) in [7, 11) is -4.29. The van der Waals surface area contributed by atoms with Gasteiger partial charge in [-0.3, -0.25) is 0 Å². The first-order valence-corrected chi connectivity index (χ1v) is 10.0. The van der Waals surface area contributed by atoms with Crippen LogP contribution in [0, 0.1) is 0 Å². The minimum absolute atomic E-state index is 0. The molecule has 0 aliphatic rings. The molecule has 0 aromatic rings. The molecular formula is C16H33KO4S. The topological polar surface area (TPSA) is 77.4 Å². The molecule has 22 heavy (non-hydrogen) atoms. The molecule has 0 saturated carbocycles. The molecule has 0 fully saturated rings. The summed E-state index contributed by atoms with van der Waals surface area (Å²) in [6.07, 6.45) is 10.2. The first-order chi connectivity index (χ1) is 9.91. The molecule has 128 valence electrons. The predicted octanol–water partition coefficient (Wildman–Crippen LogP) is 0.986. The molecule has 0 aromatic heterocycles. The van der Waals surface area contributed by atoms with Gasteiger partial charge in [-0.25, -0.2) is 8.42 Å². The van der Waals surface area contributed by atoms with Gasteiger partial charge in [0.05, 0.1) is 21.5 Å². The van der Waals surface area contributed by atoms with Crippen molar-refractivity contribution in [2.45, 2.75) is 102 Å². The number of hydrogen-bond donors (Lipinski definition) is 1. The van der Waals surface area contributed by atoms with Crippen molar-refractivity contribution < 1.29 is 69.5 Å². The van der Waals surface area contributed by atoms with Crippen LogP contribution in [0.4, 0.5) is 0 Å². The average molecular weight is 361 g/mol. The average Bonchev–Trinajstić information content (AvgIpc) is 2.41. The number of aliphatic hydroxyl groups is 1. The van der Waals surface area contributed by atoms with Gasteiger partial charge in [0.15, 0.2) is 0 Å². The van der Waals surface area contributed by atoms with Crippen LogP contribution in [-0.4, -0.2) is 29.4 Å². The molecule has 0 rings (SSSR count). The zero-order valence-corrected chi connectivity index (χ0v) is 18.7. The van der Waals surface area contributed by atoms with E-state index in [4.69, 9.17) is 0 Å². The van der Waals surface area contributed by atoms with Gasteiger partial charge in [0.2, 0.25) is 0 Å². The fourth-order valence-electron chi connectivity index (χ4n) is 2.57. The maximum absolute atomic E-state index is 11.2. The van der Waals surface area contributed by atoms with Gasteiger partial charge in [0.25, 0.3) is 0 Å². The fraction of sp³-hybridized carbons (Fsp3) is 1.00. The van der Waals surface area contributed by atoms with E-state index in [-0.39, 0.29) is 57.8 Å². The Balaban J connectivity index is 0. The van der Waals surface area contributed by atoms with Crippen LogP contribution in [0.3, 0.4) is 0 Å². The summed E-state index contributed by atoms with van der Waals surface area (Å²) in [5.41, 5.74) is 0. The molecule has 1 N–H and O–H groups in total. The zero-order chi connectivity index (χ0) is 16.1. The third kappa shape index (κ3) is 15.1. The van der Waals surface area contributed by atoms with Crippen LogP contribution in [0.5, 0.6) is 0 Å². The first kappa shape index (κ1) is 25.7. The summed E-state index contributed by atoms with van der Waals surface area (Å²) in [5, 5.41) is 9.00. The van der Waals surface area contributed by atoms with Gasteiger partial charge in [0.1, 0.15) is 0 Å². The monoisotopic (exact) mass is 360 g/mol. The summed E-state index contributed by atoms with van der Waals surface area (Å²) in [5.74, 6) is 0. The van der Waals surface area contributed by atoms with Crippen LogP contribution in [0.15, 0.2) is 0 Å². The van der Waals surface area contributed by atoms with E-state index in [0.29, 0.717) is 12.8 Å². The molecular weight excluding hydrogens is 327 g/mol. The van der Waals surface area contributed by atoms with Crippen LogP contribution in [0.1, 0.15) is 90.9 Å². The molecule has 2 unspecified atom stereocenters. The van der Waals surface area contributed by atoms with E-state index >= 15 is 0 Å². The number of hydrogen-bond acceptors (Lipinski definition) is 4. The van der Waals surface area contributed by atoms with Gasteiger partial charge in [-0.2, -0.15) is 0 Å². The first-order valence-electron chi connectivity index (χ1n) is 8.54. The Morgan fingerprint density at radius 3 is 1.86 bits per heavy atom. The largest absolute Gasteiger partial charge is 1.00 e. The van der Waals surface area contributed by atoms with E-state index in [9.17, 15) is 18.1 Å². The summed E-state index contributed by atoms with van der Waals surface area (Å²) in [6, 6.07) is 0. The minimum atomic E-state index is -4.29. The number of rotatable bonds is 14. The number of aliphatic hydroxyl groups excluding tert-OH is 1. The molecule has 0 aliphatic carbocycles. The Morgan fingerprint density at radius 1 is 0.864 bits per heavy atom. The van der Waals surface area contributed by atoms with Crippen LogP contribution < -0.4 is 51.4 Å². The van der Waals surface area contributed by atoms with E-state index in [0.717, 1.165) is 25.7 Å². The fourth-order valence-corrected chi connectivity index (χ4v) is 3.48. The second-order valence-electron chi connectivity index (χ2n) is 6.06. The van der Waals surface area contributed by atoms with Gasteiger partial charge >= 0.3 is 51.4 Å². The smallest absolute Gasteiger partial charge is 0.748 e. The SMILES string of the molecule is CCCCCCCCCC(O)CC(CCCC)S(=O)(=O)[O-].[K+]. The third-order valence-electron chi connectivity index (χ3n) is 3.96. The second kappa shape index (κ2) is 16.0. The standard InChI is InChI=1S/C16H34O4S.K/c1-3-5-7-8-9-10-11-12-15(17)14-16(13-6-4-2)21(18,19)20;/h15-17H,3-14H2,1-2H3,(H,18,19,20);/q;+1/p-1. The Kier molecular flexibility index (Phi) is 18.7. The molecule has 0 radical (unpaired) electrons. The van der Waals surface area contributed by atoms with E-state index in [2.05, 4.69) is 6.92 Å². The maximum atomic E-state index is 11.2. The van der Waals surface area contributed by atoms with E-state index in [1.807, 2.05) is 6.92 Å². The molecule has 0 heterocycles. The minimum Gasteiger partial charge on any atom is -0.748 e. The van der Waals surface area contributed by atoms with Crippen molar-refractivity contribution in [3.8, 4) is 0 Å². The van der Waals surface area contributed by atoms with Gasteiger partial charge in [0, 0.05) is 0 Å². The van der Waals surface area contributed by atoms with Crippen molar-refractivity contribution >= 4 is 10.1 Å². The molecule has 0 spiro atoms. The van der Waals surface area contributed by atoms with Gasteiger partial charge < -0.3 is 9.66 Å². The molecule has 2 atom stereocenters. The molecule has 0 amide bonds. The molecule has 0 aliphatic heterocycles. The van der Waals surface area contributed by atoms with Crippen molar-refractivity contribution in [1.82, 2.24) is 0 Å². The summed E-state index contributed by atoms with van der Waals surface area (Å²) < 4.78 is 33.5. The van der Waals surface area contributed by atoms with E-state index < -0.39 is 21.5 Å². The van der Waals surface area contributed by atoms with Crippen molar-refractivity contribution in [3.05, 3.63) is 0 Å². The van der Waals surface area contributed by atoms with E-state index in [1.165, 1.54) is 32.1 Å². The summed E-state index contributed by atoms with van der Waals surface area (Å²) in [6.45, 7) is 4.15. The molecule has 0 aromatic carbocycles. The van der Waals surface area contributed by atoms with Gasteiger partial charge in [-0.1, -0.05) is 71.6 Å². The number of unbranched alkanes of at least 4 members (excludes halogenated alkanes) is 7. The summed E-state index contributed by atoms with van der Waals surface area (Å²) >= 11 is 0. The van der Waals surface area contributed by atoms with Crippen LogP contribution in [-0.2, 0) is 10.1 Å². The van der Waals surface area contributed by atoms with Gasteiger partial charge in [-0.15, -0.1) is 0 Å². The molecule has 0 bridgehead atoms. The summed E-state index contributed by atoms with van der Waals surface area (Å²) in [4.78, 5) is 0. The van der Waals surface area contributed by atoms with Crippen LogP contribution in [0.2, 0.25) is 0 Å². The normalized spacial score (nSPS) is 14.4. The van der Waals surface area contributed by atoms with Crippen molar-refractivity contribution in [2.75, 3.05) is 0 Å². The Labute approximate surface area is 180 Å². The third-order valence-corrected chi connectivity index (χ3v) is 5.21. The zero-order valence-electron chi connectivity index (χ0n) is 14.7. The van der Waals surface area contributed by atoms with Crippen LogP contribution >= 0.6 is 0 Å². The van der Waals surface area contributed by atoms with Gasteiger partial charge in [-0.05, 0) is 19.3 Å². The van der Waals surface area contributed by atoms with Crippen molar-refractivity contribution in [3.63, 3.8) is 0 Å². The second-order valence-corrected chi connectivity index (χ2v) is 7.71. The maximum Gasteiger partial charge on any atom is 1.00 e. The molecule has 4 nitrogen and oxygen atoms in total. The quantitative estimate of drug-likeness (QED) is 0.285. The van der Waals surface area contributed by atoms with E-state index in [1.54, 1.807) is 0 Å². The van der Waals surface area contributed by atoms with Crippen molar-refractivity contribution in [1.29, 1.82) is 0 Å². The molecule has 6 heteroatoms. The Bertz CT molecular complexity index is 333. The predicted molar refractivity (Wildman–Crippen MR) is 86.2 cm³/mol. The van der Waals surface area contributed by atoms with Crippen LogP contribution in [0.25, 0.3) is 0 Å². The van der Waals surface area contributed by atoms with Crippen molar-refractivity contribution in [2.24, 2.45) is 0 Å². The Hall–Kier alpha value is 1.51.